The minimum atomic E-state index is -0.301. The lowest BCUT2D eigenvalue weighted by molar-refractivity contribution is -0.123. The molecule has 0 heterocycles. The zero-order chi connectivity index (χ0) is 16.8. The molecule has 1 amide bonds. The normalized spacial score (nSPS) is 10.9. The number of ether oxygens (including phenoxy) is 1. The Bertz CT molecular complexity index is 871. The van der Waals surface area contributed by atoms with Crippen molar-refractivity contribution in [1.82, 2.24) is 5.43 Å². The molecule has 0 fully saturated rings. The highest BCUT2D eigenvalue weighted by Gasteiger charge is 2.02. The Balaban J connectivity index is 1.57. The molecule has 0 radical (unpaired) electrons. The van der Waals surface area contributed by atoms with Gasteiger partial charge in [0.15, 0.2) is 6.61 Å². The summed E-state index contributed by atoms with van der Waals surface area (Å²) < 4.78 is 6.52. The molecule has 0 spiro atoms. The number of halogens is 1. The molecule has 5 heteroatoms. The van der Waals surface area contributed by atoms with Crippen molar-refractivity contribution in [2.45, 2.75) is 0 Å². The summed E-state index contributed by atoms with van der Waals surface area (Å²) in [6, 6.07) is 21.5. The van der Waals surface area contributed by atoms with E-state index >= 15 is 0 Å². The minimum Gasteiger partial charge on any atom is -0.484 e. The molecule has 3 aromatic carbocycles. The average Bonchev–Trinajstić information content (AvgIpc) is 2.61. The van der Waals surface area contributed by atoms with Gasteiger partial charge in [0.25, 0.3) is 5.91 Å². The number of fused-ring (bicyclic) bond motifs is 1. The highest BCUT2D eigenvalue weighted by Crippen LogP contribution is 2.16. The van der Waals surface area contributed by atoms with Crippen molar-refractivity contribution in [2.24, 2.45) is 5.10 Å². The maximum Gasteiger partial charge on any atom is 0.277 e. The lowest BCUT2D eigenvalue weighted by atomic mass is 10.1. The number of nitrogens with one attached hydrogen (secondary N) is 1. The number of hydrogen-bond acceptors (Lipinski definition) is 3. The third kappa shape index (κ3) is 4.32. The van der Waals surface area contributed by atoms with Gasteiger partial charge in [-0.05, 0) is 57.6 Å². The van der Waals surface area contributed by atoms with Gasteiger partial charge in [-0.2, -0.15) is 5.10 Å². The molecule has 0 atom stereocenters. The largest absolute Gasteiger partial charge is 0.484 e. The van der Waals surface area contributed by atoms with Gasteiger partial charge in [0, 0.05) is 9.13 Å². The van der Waals surface area contributed by atoms with Crippen molar-refractivity contribution in [3.63, 3.8) is 0 Å². The van der Waals surface area contributed by atoms with Gasteiger partial charge < -0.3 is 4.74 Å². The zero-order valence-electron chi connectivity index (χ0n) is 12.8. The van der Waals surface area contributed by atoms with E-state index in [4.69, 9.17) is 4.74 Å². The number of hydrogen-bond donors (Lipinski definition) is 1. The predicted molar refractivity (Wildman–Crippen MR) is 104 cm³/mol. The molecule has 3 aromatic rings. The molecule has 0 aliphatic rings. The van der Waals surface area contributed by atoms with E-state index in [0.717, 1.165) is 19.9 Å². The van der Waals surface area contributed by atoms with Crippen LogP contribution in [0.4, 0.5) is 0 Å². The van der Waals surface area contributed by atoms with Gasteiger partial charge in [-0.1, -0.05) is 42.5 Å². The Hall–Kier alpha value is -2.41. The first-order chi connectivity index (χ1) is 11.7. The topological polar surface area (TPSA) is 50.7 Å². The molecule has 0 saturated heterocycles. The number of amides is 1. The minimum absolute atomic E-state index is 0.0759. The zero-order valence-corrected chi connectivity index (χ0v) is 14.9. The molecule has 0 aromatic heterocycles. The second kappa shape index (κ2) is 7.92. The Kier molecular flexibility index (Phi) is 5.43. The average molecular weight is 430 g/mol. The summed E-state index contributed by atoms with van der Waals surface area (Å²) in [5.41, 5.74) is 3.43. The molecule has 120 valence electrons. The fourth-order valence-electron chi connectivity index (χ4n) is 2.25. The van der Waals surface area contributed by atoms with Crippen LogP contribution in [0.1, 0.15) is 5.56 Å². The lowest BCUT2D eigenvalue weighted by Crippen LogP contribution is -2.24. The molecule has 0 aliphatic heterocycles. The Morgan fingerprint density at radius 2 is 1.79 bits per heavy atom. The van der Waals surface area contributed by atoms with Gasteiger partial charge in [-0.15, -0.1) is 0 Å². The van der Waals surface area contributed by atoms with Crippen LogP contribution >= 0.6 is 22.6 Å². The molecule has 24 heavy (non-hydrogen) atoms. The first kappa shape index (κ1) is 16.4. The lowest BCUT2D eigenvalue weighted by Gasteiger charge is -2.05. The molecule has 3 rings (SSSR count). The van der Waals surface area contributed by atoms with Crippen molar-refractivity contribution < 1.29 is 9.53 Å². The van der Waals surface area contributed by atoms with Gasteiger partial charge in [0.1, 0.15) is 5.75 Å². The van der Waals surface area contributed by atoms with Gasteiger partial charge in [0.2, 0.25) is 0 Å². The van der Waals surface area contributed by atoms with Crippen LogP contribution in [-0.2, 0) is 4.79 Å². The fourth-order valence-corrected chi connectivity index (χ4v) is 2.61. The molecule has 0 aliphatic carbocycles. The van der Waals surface area contributed by atoms with E-state index in [-0.39, 0.29) is 12.5 Å². The molecule has 0 bridgehead atoms. The molecule has 4 nitrogen and oxygen atoms in total. The maximum absolute atomic E-state index is 11.8. The molecular weight excluding hydrogens is 415 g/mol. The summed E-state index contributed by atoms with van der Waals surface area (Å²) in [5, 5.41) is 6.24. The number of nitrogens with zero attached hydrogens (tertiary/aromatic N) is 1. The van der Waals surface area contributed by atoms with Gasteiger partial charge >= 0.3 is 0 Å². The second-order valence-electron chi connectivity index (χ2n) is 5.10. The van der Waals surface area contributed by atoms with Gasteiger partial charge in [-0.25, -0.2) is 5.43 Å². The van der Waals surface area contributed by atoms with E-state index in [9.17, 15) is 4.79 Å². The SMILES string of the molecule is O=C(COc1ccc(I)cc1)N/N=C\c1cccc2ccccc12. The third-order valence-electron chi connectivity index (χ3n) is 3.40. The number of carbonyl (C=O) groups excluding carboxylic acids is 1. The van der Waals surface area contributed by atoms with Gasteiger partial charge in [0.05, 0.1) is 6.21 Å². The van der Waals surface area contributed by atoms with E-state index in [0.29, 0.717) is 5.75 Å². The monoisotopic (exact) mass is 430 g/mol. The molecule has 1 N–H and O–H groups in total. The van der Waals surface area contributed by atoms with Gasteiger partial charge in [-0.3, -0.25) is 4.79 Å². The van der Waals surface area contributed by atoms with E-state index in [1.165, 1.54) is 0 Å². The van der Waals surface area contributed by atoms with Crippen molar-refractivity contribution >= 4 is 45.5 Å². The first-order valence-electron chi connectivity index (χ1n) is 7.40. The number of carbonyl (C=O) groups is 1. The van der Waals surface area contributed by atoms with Crippen LogP contribution in [0.2, 0.25) is 0 Å². The molecule has 0 unspecified atom stereocenters. The summed E-state index contributed by atoms with van der Waals surface area (Å²) in [7, 11) is 0. The van der Waals surface area contributed by atoms with Crippen LogP contribution < -0.4 is 10.2 Å². The van der Waals surface area contributed by atoms with Crippen LogP contribution in [0.25, 0.3) is 10.8 Å². The summed E-state index contributed by atoms with van der Waals surface area (Å²) >= 11 is 2.21. The fraction of sp³-hybridized carbons (Fsp3) is 0.0526. The van der Waals surface area contributed by atoms with E-state index in [1.807, 2.05) is 66.7 Å². The van der Waals surface area contributed by atoms with Crippen molar-refractivity contribution in [3.8, 4) is 5.75 Å². The number of rotatable bonds is 5. The Labute approximate surface area is 153 Å². The van der Waals surface area contributed by atoms with E-state index < -0.39 is 0 Å². The van der Waals surface area contributed by atoms with Crippen molar-refractivity contribution in [2.75, 3.05) is 6.61 Å². The van der Waals surface area contributed by atoms with Crippen LogP contribution in [0, 0.1) is 3.57 Å². The van der Waals surface area contributed by atoms with E-state index in [2.05, 4.69) is 33.1 Å². The van der Waals surface area contributed by atoms with Crippen LogP contribution in [0.15, 0.2) is 71.8 Å². The quantitative estimate of drug-likeness (QED) is 0.379. The second-order valence-corrected chi connectivity index (χ2v) is 6.35. The summed E-state index contributed by atoms with van der Waals surface area (Å²) in [4.78, 5) is 11.8. The maximum atomic E-state index is 11.8. The molecular formula is C19H15IN2O2. The smallest absolute Gasteiger partial charge is 0.277 e. The van der Waals surface area contributed by atoms with Crippen LogP contribution in [0.5, 0.6) is 5.75 Å². The summed E-state index contributed by atoms with van der Waals surface area (Å²) in [6.07, 6.45) is 1.64. The van der Waals surface area contributed by atoms with Crippen LogP contribution in [-0.4, -0.2) is 18.7 Å². The number of hydrazone groups is 1. The third-order valence-corrected chi connectivity index (χ3v) is 4.12. The van der Waals surface area contributed by atoms with Crippen LogP contribution in [0.3, 0.4) is 0 Å². The number of benzene rings is 3. The first-order valence-corrected chi connectivity index (χ1v) is 8.48. The highest BCUT2D eigenvalue weighted by atomic mass is 127. The predicted octanol–water partition coefficient (Wildman–Crippen LogP) is 3.97. The Morgan fingerprint density at radius 1 is 1.04 bits per heavy atom. The standard InChI is InChI=1S/C19H15IN2O2/c20-16-8-10-17(11-9-16)24-13-19(23)22-21-12-15-6-3-5-14-4-1-2-7-18(14)15/h1-12H,13H2,(H,22,23)/b21-12-. The summed E-state index contributed by atoms with van der Waals surface area (Å²) in [6.45, 7) is -0.0759. The summed E-state index contributed by atoms with van der Waals surface area (Å²) in [5.74, 6) is 0.355. The van der Waals surface area contributed by atoms with E-state index in [1.54, 1.807) is 6.21 Å². The molecule has 0 saturated carbocycles. The Morgan fingerprint density at radius 3 is 2.62 bits per heavy atom. The van der Waals surface area contributed by atoms with Crippen molar-refractivity contribution in [3.05, 3.63) is 75.9 Å². The van der Waals surface area contributed by atoms with Crippen molar-refractivity contribution in [1.29, 1.82) is 0 Å². The highest BCUT2D eigenvalue weighted by molar-refractivity contribution is 14.1.